The van der Waals surface area contributed by atoms with Gasteiger partial charge < -0.3 is 10.3 Å². The summed E-state index contributed by atoms with van der Waals surface area (Å²) >= 11 is 0. The summed E-state index contributed by atoms with van der Waals surface area (Å²) in [7, 11) is 0. The molecular formula is C7H13N3. The van der Waals surface area contributed by atoms with Crippen molar-refractivity contribution in [2.75, 3.05) is 6.54 Å². The maximum Gasteiger partial charge on any atom is 0.0948 e. The second kappa shape index (κ2) is 3.37. The second-order valence-corrected chi connectivity index (χ2v) is 2.37. The van der Waals surface area contributed by atoms with Gasteiger partial charge in [-0.3, -0.25) is 0 Å². The molecule has 1 rings (SSSR count). The van der Waals surface area contributed by atoms with Crippen LogP contribution in [-0.2, 0) is 6.54 Å². The van der Waals surface area contributed by atoms with E-state index in [-0.39, 0.29) is 0 Å². The number of aromatic nitrogens is 2. The van der Waals surface area contributed by atoms with E-state index in [4.69, 9.17) is 5.73 Å². The Morgan fingerprint density at radius 2 is 2.50 bits per heavy atom. The molecule has 0 atom stereocenters. The number of hydrogen-bond acceptors (Lipinski definition) is 2. The Hall–Kier alpha value is -0.830. The van der Waals surface area contributed by atoms with Crippen LogP contribution in [0.15, 0.2) is 12.5 Å². The zero-order valence-electron chi connectivity index (χ0n) is 6.25. The minimum Gasteiger partial charge on any atom is -0.335 e. The molecule has 3 nitrogen and oxygen atoms in total. The van der Waals surface area contributed by atoms with Crippen molar-refractivity contribution in [2.45, 2.75) is 19.9 Å². The second-order valence-electron chi connectivity index (χ2n) is 2.37. The van der Waals surface area contributed by atoms with Crippen molar-refractivity contribution >= 4 is 0 Å². The summed E-state index contributed by atoms with van der Waals surface area (Å²) in [6, 6.07) is 0. The first-order chi connectivity index (χ1) is 4.84. The van der Waals surface area contributed by atoms with Gasteiger partial charge in [-0.2, -0.15) is 0 Å². The first kappa shape index (κ1) is 7.28. The molecule has 0 saturated heterocycles. The monoisotopic (exact) mass is 139 g/mol. The maximum atomic E-state index is 5.36. The lowest BCUT2D eigenvalue weighted by atomic mass is 10.4. The van der Waals surface area contributed by atoms with Crippen LogP contribution in [0.1, 0.15) is 12.1 Å². The van der Waals surface area contributed by atoms with Gasteiger partial charge in [-0.1, -0.05) is 0 Å². The van der Waals surface area contributed by atoms with Crippen molar-refractivity contribution in [3.05, 3.63) is 18.2 Å². The molecule has 0 spiro atoms. The molecule has 0 aliphatic rings. The van der Waals surface area contributed by atoms with Crippen LogP contribution in [0.4, 0.5) is 0 Å². The molecule has 0 aliphatic carbocycles. The lowest BCUT2D eigenvalue weighted by molar-refractivity contribution is 0.636. The van der Waals surface area contributed by atoms with Gasteiger partial charge >= 0.3 is 0 Å². The van der Waals surface area contributed by atoms with Gasteiger partial charge in [0.25, 0.3) is 0 Å². The van der Waals surface area contributed by atoms with Crippen molar-refractivity contribution in [3.8, 4) is 0 Å². The van der Waals surface area contributed by atoms with Gasteiger partial charge in [0.2, 0.25) is 0 Å². The number of nitrogens with two attached hydrogens (primary N) is 1. The number of aryl methyl sites for hydroxylation is 2. The predicted molar refractivity (Wildman–Crippen MR) is 40.6 cm³/mol. The van der Waals surface area contributed by atoms with E-state index in [0.717, 1.165) is 19.5 Å². The van der Waals surface area contributed by atoms with Crippen molar-refractivity contribution in [1.82, 2.24) is 9.55 Å². The van der Waals surface area contributed by atoms with E-state index in [1.54, 1.807) is 0 Å². The largest absolute Gasteiger partial charge is 0.335 e. The highest BCUT2D eigenvalue weighted by atomic mass is 15.0. The number of nitrogens with zero attached hydrogens (tertiary/aromatic N) is 2. The zero-order valence-corrected chi connectivity index (χ0v) is 6.25. The Morgan fingerprint density at radius 1 is 1.70 bits per heavy atom. The van der Waals surface area contributed by atoms with Gasteiger partial charge in [0.15, 0.2) is 0 Å². The van der Waals surface area contributed by atoms with Crippen LogP contribution in [0.25, 0.3) is 0 Å². The summed E-state index contributed by atoms with van der Waals surface area (Å²) in [6.45, 7) is 3.78. The van der Waals surface area contributed by atoms with Crippen LogP contribution in [0.5, 0.6) is 0 Å². The standard InChI is InChI=1S/C7H13N3/c1-7-5-9-6-10(7)4-2-3-8/h5-6H,2-4,8H2,1H3. The van der Waals surface area contributed by atoms with Crippen LogP contribution in [-0.4, -0.2) is 16.1 Å². The average Bonchev–Trinajstić information content (AvgIpc) is 2.31. The molecule has 0 radical (unpaired) electrons. The average molecular weight is 139 g/mol. The van der Waals surface area contributed by atoms with Crippen LogP contribution < -0.4 is 5.73 Å². The minimum atomic E-state index is 0.748. The van der Waals surface area contributed by atoms with Crippen LogP contribution in [0.3, 0.4) is 0 Å². The van der Waals surface area contributed by atoms with Gasteiger partial charge in [-0.05, 0) is 19.9 Å². The SMILES string of the molecule is Cc1cncn1CCCN. The van der Waals surface area contributed by atoms with E-state index in [0.29, 0.717) is 0 Å². The van der Waals surface area contributed by atoms with Crippen molar-refractivity contribution in [3.63, 3.8) is 0 Å². The van der Waals surface area contributed by atoms with Gasteiger partial charge in [0.1, 0.15) is 0 Å². The lowest BCUT2D eigenvalue weighted by Crippen LogP contribution is -2.05. The molecule has 1 aromatic heterocycles. The molecule has 0 unspecified atom stereocenters. The van der Waals surface area contributed by atoms with Crippen molar-refractivity contribution in [1.29, 1.82) is 0 Å². The molecule has 0 aliphatic heterocycles. The number of imidazole rings is 1. The van der Waals surface area contributed by atoms with E-state index < -0.39 is 0 Å². The highest BCUT2D eigenvalue weighted by Crippen LogP contribution is 1.96. The molecule has 0 amide bonds. The fourth-order valence-corrected chi connectivity index (χ4v) is 0.883. The Morgan fingerprint density at radius 3 is 3.00 bits per heavy atom. The molecule has 1 heterocycles. The van der Waals surface area contributed by atoms with Gasteiger partial charge in [0, 0.05) is 18.4 Å². The topological polar surface area (TPSA) is 43.8 Å². The zero-order chi connectivity index (χ0) is 7.40. The normalized spacial score (nSPS) is 10.2. The maximum absolute atomic E-state index is 5.36. The van der Waals surface area contributed by atoms with E-state index in [2.05, 4.69) is 9.55 Å². The molecule has 10 heavy (non-hydrogen) atoms. The van der Waals surface area contributed by atoms with Crippen LogP contribution in [0.2, 0.25) is 0 Å². The summed E-state index contributed by atoms with van der Waals surface area (Å²) in [6.07, 6.45) is 4.72. The molecule has 0 bridgehead atoms. The van der Waals surface area contributed by atoms with Gasteiger partial charge in [0.05, 0.1) is 6.33 Å². The van der Waals surface area contributed by atoms with Gasteiger partial charge in [-0.25, -0.2) is 4.98 Å². The molecular weight excluding hydrogens is 126 g/mol. The summed E-state index contributed by atoms with van der Waals surface area (Å²) in [5, 5.41) is 0. The summed E-state index contributed by atoms with van der Waals surface area (Å²) in [5.41, 5.74) is 6.56. The Labute approximate surface area is 60.9 Å². The third kappa shape index (κ3) is 1.57. The van der Waals surface area contributed by atoms with E-state index in [9.17, 15) is 0 Å². The van der Waals surface area contributed by atoms with E-state index in [1.807, 2.05) is 19.4 Å². The highest BCUT2D eigenvalue weighted by Gasteiger charge is 1.92. The molecule has 56 valence electrons. The summed E-state index contributed by atoms with van der Waals surface area (Å²) in [4.78, 5) is 4.00. The fourth-order valence-electron chi connectivity index (χ4n) is 0.883. The third-order valence-corrected chi connectivity index (χ3v) is 1.52. The molecule has 0 aromatic carbocycles. The van der Waals surface area contributed by atoms with E-state index in [1.165, 1.54) is 5.69 Å². The smallest absolute Gasteiger partial charge is 0.0948 e. The fraction of sp³-hybridized carbons (Fsp3) is 0.571. The van der Waals surface area contributed by atoms with E-state index >= 15 is 0 Å². The Bertz CT molecular complexity index is 192. The van der Waals surface area contributed by atoms with Crippen LogP contribution >= 0.6 is 0 Å². The molecule has 0 fully saturated rings. The summed E-state index contributed by atoms with van der Waals surface area (Å²) < 4.78 is 2.10. The minimum absolute atomic E-state index is 0.748. The van der Waals surface area contributed by atoms with Crippen molar-refractivity contribution < 1.29 is 0 Å². The third-order valence-electron chi connectivity index (χ3n) is 1.52. The Kier molecular flexibility index (Phi) is 2.45. The Balaban J connectivity index is 2.49. The lowest BCUT2D eigenvalue weighted by Gasteiger charge is -2.01. The quantitative estimate of drug-likeness (QED) is 0.664. The highest BCUT2D eigenvalue weighted by molar-refractivity contribution is 4.93. The molecule has 3 heteroatoms. The molecule has 0 saturated carbocycles. The first-order valence-electron chi connectivity index (χ1n) is 3.51. The first-order valence-corrected chi connectivity index (χ1v) is 3.51. The molecule has 2 N–H and O–H groups in total. The predicted octanol–water partition coefficient (Wildman–Crippen LogP) is 0.540. The number of rotatable bonds is 3. The summed E-state index contributed by atoms with van der Waals surface area (Å²) in [5.74, 6) is 0. The van der Waals surface area contributed by atoms with Gasteiger partial charge in [-0.15, -0.1) is 0 Å². The van der Waals surface area contributed by atoms with Crippen LogP contribution in [0, 0.1) is 6.92 Å². The molecule has 1 aromatic rings. The van der Waals surface area contributed by atoms with Crippen molar-refractivity contribution in [2.24, 2.45) is 5.73 Å². The number of hydrogen-bond donors (Lipinski definition) is 1.